The average Bonchev–Trinajstić information content (AvgIpc) is 1.41. The second-order valence-electron chi connectivity index (χ2n) is 1.22. The summed E-state index contributed by atoms with van der Waals surface area (Å²) in [7, 11) is -15.5. The first-order chi connectivity index (χ1) is 6.00. The van der Waals surface area contributed by atoms with Gasteiger partial charge in [-0.05, 0) is 0 Å². The maximum absolute atomic E-state index is 8.52. The zero-order valence-electron chi connectivity index (χ0n) is 8.62. The van der Waals surface area contributed by atoms with Gasteiger partial charge in [0.1, 0.15) is 0 Å². The zero-order chi connectivity index (χ0) is 13.5. The second-order valence-corrected chi connectivity index (χ2v) is 3.67. The standard InChI is InChI=1S/2Li.3H2O4S.Ti/c;;3*1-5(2,3)4;/h;;3*(H2,1,2,3,4);/q2*+1;;;;+4/p-6. The molecule has 0 rings (SSSR count). The molecule has 0 aliphatic heterocycles. The molecule has 12 nitrogen and oxygen atoms in total. The Balaban J connectivity index is -0.0000000277. The van der Waals surface area contributed by atoms with Crippen molar-refractivity contribution in [3.05, 3.63) is 0 Å². The van der Waals surface area contributed by atoms with Gasteiger partial charge in [-0.25, -0.2) is 0 Å². The Hall–Kier alpha value is 1.52. The monoisotopic (exact) mass is 350 g/mol. The van der Waals surface area contributed by atoms with Gasteiger partial charge < -0.3 is 27.3 Å². The molecular formula is Li2O12S3Ti. The van der Waals surface area contributed by atoms with Gasteiger partial charge in [-0.1, -0.05) is 0 Å². The van der Waals surface area contributed by atoms with E-state index in [1.165, 1.54) is 0 Å². The van der Waals surface area contributed by atoms with E-state index >= 15 is 0 Å². The van der Waals surface area contributed by atoms with Gasteiger partial charge in [-0.2, -0.15) is 0 Å². The Labute approximate surface area is 142 Å². The summed E-state index contributed by atoms with van der Waals surface area (Å²) >= 11 is 0. The molecule has 0 spiro atoms. The van der Waals surface area contributed by atoms with Gasteiger partial charge in [0, 0.05) is 31.2 Å². The number of hydrogen-bond acceptors (Lipinski definition) is 12. The van der Waals surface area contributed by atoms with Crippen molar-refractivity contribution < 1.29 is 112 Å². The largest absolute Gasteiger partial charge is 4.00 e. The maximum atomic E-state index is 8.52. The predicted molar refractivity (Wildman–Crippen MR) is 31.4 cm³/mol. The molecule has 96 valence electrons. The quantitative estimate of drug-likeness (QED) is 0.224. The fraction of sp³-hybridized carbons (Fsp3) is 0. The van der Waals surface area contributed by atoms with E-state index in [4.69, 9.17) is 52.6 Å². The van der Waals surface area contributed by atoms with Gasteiger partial charge in [0.15, 0.2) is 0 Å². The third kappa shape index (κ3) is 2070. The van der Waals surface area contributed by atoms with Crippen LogP contribution in [0.4, 0.5) is 0 Å². The van der Waals surface area contributed by atoms with Crippen molar-refractivity contribution in [1.29, 1.82) is 0 Å². The molecule has 0 heterocycles. The van der Waals surface area contributed by atoms with E-state index in [9.17, 15) is 0 Å². The number of rotatable bonds is 0. The molecule has 0 N–H and O–H groups in total. The van der Waals surface area contributed by atoms with E-state index in [2.05, 4.69) is 0 Å². The molecule has 0 unspecified atom stereocenters. The van der Waals surface area contributed by atoms with Gasteiger partial charge in [0.25, 0.3) is 0 Å². The minimum atomic E-state index is -5.17. The molecule has 0 aromatic carbocycles. The van der Waals surface area contributed by atoms with Gasteiger partial charge in [-0.15, -0.1) is 0 Å². The normalized spacial score (nSPS) is 9.67. The zero-order valence-corrected chi connectivity index (χ0v) is 12.6. The molecule has 18 heteroatoms. The van der Waals surface area contributed by atoms with Crippen molar-refractivity contribution in [3.63, 3.8) is 0 Å². The van der Waals surface area contributed by atoms with E-state index in [1.807, 2.05) is 0 Å². The average molecular weight is 350 g/mol. The second kappa shape index (κ2) is 14.9. The molecule has 0 saturated heterocycles. The van der Waals surface area contributed by atoms with Gasteiger partial charge in [0.2, 0.25) is 0 Å². The molecule has 0 aliphatic rings. The molecule has 0 aliphatic carbocycles. The fourth-order valence-corrected chi connectivity index (χ4v) is 0. The van der Waals surface area contributed by atoms with Crippen molar-refractivity contribution in [2.75, 3.05) is 0 Å². The summed E-state index contributed by atoms with van der Waals surface area (Å²) in [6.45, 7) is 0. The van der Waals surface area contributed by atoms with Crippen LogP contribution in [0.15, 0.2) is 0 Å². The van der Waals surface area contributed by atoms with Crippen LogP contribution < -0.4 is 37.7 Å². The minimum Gasteiger partial charge on any atom is -0.759 e. The molecule has 0 aromatic rings. The van der Waals surface area contributed by atoms with Gasteiger partial charge in [-0.3, -0.25) is 25.3 Å². The van der Waals surface area contributed by atoms with Crippen LogP contribution in [-0.2, 0) is 52.9 Å². The molecule has 0 atom stereocenters. The van der Waals surface area contributed by atoms with E-state index in [1.54, 1.807) is 0 Å². The molecule has 0 radical (unpaired) electrons. The van der Waals surface area contributed by atoms with Crippen molar-refractivity contribution in [2.24, 2.45) is 0 Å². The van der Waals surface area contributed by atoms with E-state index in [-0.39, 0.29) is 59.4 Å². The first kappa shape index (κ1) is 36.6. The van der Waals surface area contributed by atoms with Crippen LogP contribution in [0.1, 0.15) is 0 Å². The Kier molecular flexibility index (Phi) is 30.4. The van der Waals surface area contributed by atoms with Crippen LogP contribution in [0, 0.1) is 0 Å². The van der Waals surface area contributed by atoms with Crippen LogP contribution in [0.3, 0.4) is 0 Å². The van der Waals surface area contributed by atoms with Crippen LogP contribution >= 0.6 is 0 Å². The van der Waals surface area contributed by atoms with E-state index < -0.39 is 31.2 Å². The summed E-state index contributed by atoms with van der Waals surface area (Å²) in [6, 6.07) is 0. The molecule has 0 saturated carbocycles. The van der Waals surface area contributed by atoms with Crippen LogP contribution in [-0.4, -0.2) is 52.6 Å². The topological polar surface area (TPSA) is 241 Å². The van der Waals surface area contributed by atoms with Crippen LogP contribution in [0.2, 0.25) is 0 Å². The van der Waals surface area contributed by atoms with Crippen molar-refractivity contribution in [3.8, 4) is 0 Å². The van der Waals surface area contributed by atoms with Crippen molar-refractivity contribution in [1.82, 2.24) is 0 Å². The third-order valence-corrected chi connectivity index (χ3v) is 0. The Morgan fingerprint density at radius 3 is 0.444 bits per heavy atom. The summed E-state index contributed by atoms with van der Waals surface area (Å²) in [5.74, 6) is 0. The number of hydrogen-bond donors (Lipinski definition) is 0. The minimum absolute atomic E-state index is 0. The SMILES string of the molecule is O=S(=O)([O-])[O-].O=S(=O)([O-])[O-].O=S(=O)([O-])[O-].[Li+].[Li+].[Ti+4]. The molecule has 0 bridgehead atoms. The van der Waals surface area contributed by atoms with Crippen LogP contribution in [0.25, 0.3) is 0 Å². The predicted octanol–water partition coefficient (Wildman–Crippen LogP) is -10.0. The summed E-state index contributed by atoms with van der Waals surface area (Å²) in [5, 5.41) is 0. The summed E-state index contributed by atoms with van der Waals surface area (Å²) in [5.41, 5.74) is 0. The first-order valence-electron chi connectivity index (χ1n) is 2.00. The smallest absolute Gasteiger partial charge is 0.759 e. The first-order valence-corrected chi connectivity index (χ1v) is 6.00. The van der Waals surface area contributed by atoms with Gasteiger partial charge in [0.05, 0.1) is 0 Å². The summed E-state index contributed by atoms with van der Waals surface area (Å²) < 4.78 is 102. The Morgan fingerprint density at radius 2 is 0.444 bits per heavy atom. The summed E-state index contributed by atoms with van der Waals surface area (Å²) in [4.78, 5) is 0. The molecular weight excluding hydrogens is 350 g/mol. The fourth-order valence-electron chi connectivity index (χ4n) is 0. The molecule has 0 amide bonds. The van der Waals surface area contributed by atoms with Crippen molar-refractivity contribution >= 4 is 31.2 Å². The van der Waals surface area contributed by atoms with E-state index in [0.29, 0.717) is 0 Å². The Morgan fingerprint density at radius 1 is 0.444 bits per heavy atom. The maximum Gasteiger partial charge on any atom is 4.00 e. The third-order valence-electron chi connectivity index (χ3n) is 0. The molecule has 0 aromatic heterocycles. The molecule has 18 heavy (non-hydrogen) atoms. The Bertz CT molecular complexity index is 346. The van der Waals surface area contributed by atoms with Gasteiger partial charge >= 0.3 is 59.4 Å². The van der Waals surface area contributed by atoms with Crippen molar-refractivity contribution in [2.45, 2.75) is 0 Å². The molecule has 0 fully saturated rings. The van der Waals surface area contributed by atoms with E-state index in [0.717, 1.165) is 0 Å². The summed E-state index contributed by atoms with van der Waals surface area (Å²) in [6.07, 6.45) is 0. The van der Waals surface area contributed by atoms with Crippen LogP contribution in [0.5, 0.6) is 0 Å².